The van der Waals surface area contributed by atoms with Crippen molar-refractivity contribution in [1.82, 2.24) is 4.98 Å². The Balaban J connectivity index is 1.41. The van der Waals surface area contributed by atoms with E-state index in [0.29, 0.717) is 5.13 Å². The lowest BCUT2D eigenvalue weighted by molar-refractivity contribution is -0.145. The van der Waals surface area contributed by atoms with Crippen molar-refractivity contribution in [3.63, 3.8) is 0 Å². The molecule has 5 rings (SSSR count). The molecule has 5 nitrogen and oxygen atoms in total. The summed E-state index contributed by atoms with van der Waals surface area (Å²) in [5.41, 5.74) is 2.07. The molecule has 1 saturated heterocycles. The number of aromatic nitrogens is 1. The van der Waals surface area contributed by atoms with Gasteiger partial charge in [-0.25, -0.2) is 4.98 Å². The highest BCUT2D eigenvalue weighted by molar-refractivity contribution is 7.22. The number of hydrogen-bond acceptors (Lipinski definition) is 5. The van der Waals surface area contributed by atoms with Gasteiger partial charge in [0, 0.05) is 5.92 Å². The molecule has 2 saturated carbocycles. The van der Waals surface area contributed by atoms with Gasteiger partial charge in [0.25, 0.3) is 0 Å². The summed E-state index contributed by atoms with van der Waals surface area (Å²) in [5.74, 6) is -0.217. The maximum Gasteiger partial charge on any atom is 0.310 e. The first-order valence-electron chi connectivity index (χ1n) is 7.99. The van der Waals surface area contributed by atoms with Crippen LogP contribution >= 0.6 is 11.3 Å². The molecule has 3 fully saturated rings. The van der Waals surface area contributed by atoms with E-state index in [1.165, 1.54) is 16.9 Å². The van der Waals surface area contributed by atoms with Gasteiger partial charge in [0.2, 0.25) is 5.91 Å². The van der Waals surface area contributed by atoms with Gasteiger partial charge in [-0.2, -0.15) is 0 Å². The van der Waals surface area contributed by atoms with Crippen LogP contribution in [-0.2, 0) is 14.3 Å². The zero-order valence-electron chi connectivity index (χ0n) is 12.6. The van der Waals surface area contributed by atoms with Gasteiger partial charge < -0.3 is 10.1 Å². The lowest BCUT2D eigenvalue weighted by Crippen LogP contribution is -2.35. The van der Waals surface area contributed by atoms with Crippen LogP contribution in [0, 0.1) is 30.6 Å². The van der Waals surface area contributed by atoms with Crippen LogP contribution in [0.15, 0.2) is 18.2 Å². The molecule has 1 aliphatic heterocycles. The Bertz CT molecular complexity index is 843. The van der Waals surface area contributed by atoms with Gasteiger partial charge in [0.15, 0.2) is 5.13 Å². The fourth-order valence-electron chi connectivity index (χ4n) is 4.64. The van der Waals surface area contributed by atoms with E-state index in [-0.39, 0.29) is 41.7 Å². The minimum absolute atomic E-state index is 0.0620. The summed E-state index contributed by atoms with van der Waals surface area (Å²) in [6.45, 7) is 2.04. The van der Waals surface area contributed by atoms with E-state index >= 15 is 0 Å². The van der Waals surface area contributed by atoms with E-state index in [2.05, 4.69) is 16.4 Å². The molecule has 2 aromatic rings. The Morgan fingerprint density at radius 3 is 3.13 bits per heavy atom. The quantitative estimate of drug-likeness (QED) is 0.861. The summed E-state index contributed by atoms with van der Waals surface area (Å²) in [5, 5.41) is 3.55. The van der Waals surface area contributed by atoms with E-state index in [1.807, 2.05) is 19.1 Å². The van der Waals surface area contributed by atoms with Crippen molar-refractivity contribution in [1.29, 1.82) is 0 Å². The molecule has 118 valence electrons. The molecule has 5 atom stereocenters. The third-order valence-electron chi connectivity index (χ3n) is 5.56. The number of thiazole rings is 1. The van der Waals surface area contributed by atoms with E-state index in [1.54, 1.807) is 0 Å². The molecule has 6 heteroatoms. The van der Waals surface area contributed by atoms with Crippen LogP contribution in [0.25, 0.3) is 10.2 Å². The summed E-state index contributed by atoms with van der Waals surface area (Å²) >= 11 is 1.48. The number of amides is 1. The van der Waals surface area contributed by atoms with Crippen LogP contribution in [0.3, 0.4) is 0 Å². The summed E-state index contributed by atoms with van der Waals surface area (Å²) in [6.07, 6.45) is 1.84. The SMILES string of the molecule is Cc1ccc2nc(NC(=O)[C@H]3[C@@H]4C[C@@H]5[C@@H]3C(=O)O[C@@H]5C4)sc2c1. The number of hydrogen-bond donors (Lipinski definition) is 1. The number of aryl methyl sites for hydroxylation is 1. The number of nitrogens with zero attached hydrogens (tertiary/aromatic N) is 1. The highest BCUT2D eigenvalue weighted by Crippen LogP contribution is 2.57. The van der Waals surface area contributed by atoms with E-state index in [4.69, 9.17) is 4.74 Å². The molecule has 3 aliphatic rings. The van der Waals surface area contributed by atoms with Crippen molar-refractivity contribution in [2.24, 2.45) is 23.7 Å². The predicted octanol–water partition coefficient (Wildman–Crippen LogP) is 2.74. The van der Waals surface area contributed by atoms with Gasteiger partial charge in [0.1, 0.15) is 6.10 Å². The average Bonchev–Trinajstić information content (AvgIpc) is 3.19. The topological polar surface area (TPSA) is 68.3 Å². The average molecular weight is 328 g/mol. The molecule has 1 amide bonds. The Labute approximate surface area is 137 Å². The highest BCUT2D eigenvalue weighted by Gasteiger charge is 2.63. The van der Waals surface area contributed by atoms with Gasteiger partial charge in [-0.15, -0.1) is 0 Å². The predicted molar refractivity (Wildman–Crippen MR) is 86.1 cm³/mol. The maximum absolute atomic E-state index is 12.7. The zero-order chi connectivity index (χ0) is 15.7. The Kier molecular flexibility index (Phi) is 2.66. The number of nitrogens with one attached hydrogen (secondary N) is 1. The van der Waals surface area contributed by atoms with Crippen molar-refractivity contribution in [2.75, 3.05) is 5.32 Å². The molecule has 2 aliphatic carbocycles. The van der Waals surface area contributed by atoms with Crippen molar-refractivity contribution in [3.8, 4) is 0 Å². The number of anilines is 1. The summed E-state index contributed by atoms with van der Waals surface area (Å²) in [7, 11) is 0. The molecule has 2 heterocycles. The number of carbonyl (C=O) groups excluding carboxylic acids is 2. The first kappa shape index (κ1) is 13.5. The number of fused-ring (bicyclic) bond motifs is 2. The zero-order valence-corrected chi connectivity index (χ0v) is 13.4. The van der Waals surface area contributed by atoms with Crippen LogP contribution in [0.1, 0.15) is 18.4 Å². The number of benzene rings is 1. The Morgan fingerprint density at radius 2 is 2.26 bits per heavy atom. The summed E-state index contributed by atoms with van der Waals surface area (Å²) < 4.78 is 6.46. The minimum Gasteiger partial charge on any atom is -0.462 e. The molecular formula is C17H16N2O3S. The molecule has 23 heavy (non-hydrogen) atoms. The lowest BCUT2D eigenvalue weighted by Gasteiger charge is -2.22. The fourth-order valence-corrected chi connectivity index (χ4v) is 5.60. The van der Waals surface area contributed by atoms with Crippen LogP contribution < -0.4 is 5.32 Å². The van der Waals surface area contributed by atoms with Gasteiger partial charge in [0.05, 0.1) is 22.1 Å². The second-order valence-electron chi connectivity index (χ2n) is 6.90. The largest absolute Gasteiger partial charge is 0.462 e. The van der Waals surface area contributed by atoms with Crippen molar-refractivity contribution in [3.05, 3.63) is 23.8 Å². The molecule has 2 bridgehead atoms. The molecule has 0 unspecified atom stereocenters. The second-order valence-corrected chi connectivity index (χ2v) is 7.93. The molecular weight excluding hydrogens is 312 g/mol. The second kappa shape index (κ2) is 4.54. The standard InChI is InChI=1S/C17H16N2O3S/c1-7-2-3-10-12(4-7)23-17(18-10)19-15(20)13-8-5-9-11(6-8)22-16(21)14(9)13/h2-4,8-9,11,13-14H,5-6H2,1H3,(H,18,19,20)/t8-,9+,11-,13+,14+/m1/s1. The Hall–Kier alpha value is -1.95. The monoisotopic (exact) mass is 328 g/mol. The van der Waals surface area contributed by atoms with E-state index < -0.39 is 0 Å². The van der Waals surface area contributed by atoms with Gasteiger partial charge in [-0.05, 0) is 43.4 Å². The van der Waals surface area contributed by atoms with Gasteiger partial charge in [-0.3, -0.25) is 9.59 Å². The van der Waals surface area contributed by atoms with E-state index in [0.717, 1.165) is 23.1 Å². The summed E-state index contributed by atoms with van der Waals surface area (Å²) in [4.78, 5) is 29.2. The molecule has 0 spiro atoms. The molecule has 1 N–H and O–H groups in total. The molecule has 0 radical (unpaired) electrons. The maximum atomic E-state index is 12.7. The van der Waals surface area contributed by atoms with Gasteiger partial charge >= 0.3 is 5.97 Å². The van der Waals surface area contributed by atoms with Crippen molar-refractivity contribution < 1.29 is 14.3 Å². The summed E-state index contributed by atoms with van der Waals surface area (Å²) in [6, 6.07) is 6.05. The van der Waals surface area contributed by atoms with Crippen LogP contribution in [0.4, 0.5) is 5.13 Å². The first-order valence-corrected chi connectivity index (χ1v) is 8.80. The molecule has 1 aromatic carbocycles. The highest BCUT2D eigenvalue weighted by atomic mass is 32.1. The smallest absolute Gasteiger partial charge is 0.310 e. The number of esters is 1. The first-order chi connectivity index (χ1) is 11.1. The van der Waals surface area contributed by atoms with Crippen molar-refractivity contribution in [2.45, 2.75) is 25.9 Å². The van der Waals surface area contributed by atoms with Crippen LogP contribution in [-0.4, -0.2) is 23.0 Å². The normalized spacial score (nSPS) is 34.1. The third-order valence-corrected chi connectivity index (χ3v) is 6.49. The number of ether oxygens (including phenoxy) is 1. The number of rotatable bonds is 2. The van der Waals surface area contributed by atoms with Crippen molar-refractivity contribution >= 4 is 38.6 Å². The lowest BCUT2D eigenvalue weighted by atomic mass is 9.79. The van der Waals surface area contributed by atoms with Crippen LogP contribution in [0.2, 0.25) is 0 Å². The van der Waals surface area contributed by atoms with Crippen LogP contribution in [0.5, 0.6) is 0 Å². The number of carbonyl (C=O) groups is 2. The van der Waals surface area contributed by atoms with E-state index in [9.17, 15) is 9.59 Å². The minimum atomic E-state index is -0.250. The fraction of sp³-hybridized carbons (Fsp3) is 0.471. The third kappa shape index (κ3) is 1.87. The van der Waals surface area contributed by atoms with Gasteiger partial charge in [-0.1, -0.05) is 17.4 Å². The Morgan fingerprint density at radius 1 is 1.39 bits per heavy atom. The molecule has 1 aromatic heterocycles.